The maximum atomic E-state index is 13.3. The van der Waals surface area contributed by atoms with Crippen LogP contribution in [-0.4, -0.2) is 11.1 Å². The van der Waals surface area contributed by atoms with Crippen molar-refractivity contribution in [1.82, 2.24) is 0 Å². The molecule has 1 N–H and O–H groups in total. The Hall–Kier alpha value is -1.45. The summed E-state index contributed by atoms with van der Waals surface area (Å²) < 4.78 is 26.7. The summed E-state index contributed by atoms with van der Waals surface area (Å²) in [5.74, 6) is -4.01. The van der Waals surface area contributed by atoms with Crippen molar-refractivity contribution < 1.29 is 18.7 Å². The van der Waals surface area contributed by atoms with Crippen molar-refractivity contribution in [3.05, 3.63) is 35.4 Å². The van der Waals surface area contributed by atoms with Crippen LogP contribution >= 0.6 is 0 Å². The van der Waals surface area contributed by atoms with Gasteiger partial charge in [0.25, 0.3) is 5.92 Å². The fourth-order valence-corrected chi connectivity index (χ4v) is 2.01. The van der Waals surface area contributed by atoms with Crippen molar-refractivity contribution in [2.75, 3.05) is 0 Å². The highest BCUT2D eigenvalue weighted by molar-refractivity contribution is 5.85. The number of halogens is 2. The summed E-state index contributed by atoms with van der Waals surface area (Å²) >= 11 is 0. The highest BCUT2D eigenvalue weighted by Crippen LogP contribution is 2.51. The lowest BCUT2D eigenvalue weighted by molar-refractivity contribution is -0.140. The first kappa shape index (κ1) is 11.0. The average molecular weight is 226 g/mol. The third-order valence-electron chi connectivity index (χ3n) is 3.07. The smallest absolute Gasteiger partial charge is 0.314 e. The highest BCUT2D eigenvalue weighted by Gasteiger charge is 2.54. The molecule has 0 atom stereocenters. The SMILES string of the molecule is CC(F)(F)c1ccccc1C1(C(=O)O)CC1. The van der Waals surface area contributed by atoms with E-state index in [1.165, 1.54) is 18.2 Å². The fourth-order valence-electron chi connectivity index (χ4n) is 2.01. The molecule has 0 heterocycles. The first-order valence-electron chi connectivity index (χ1n) is 5.09. The van der Waals surface area contributed by atoms with Crippen molar-refractivity contribution in [1.29, 1.82) is 0 Å². The number of rotatable bonds is 3. The van der Waals surface area contributed by atoms with Crippen LogP contribution in [0.4, 0.5) is 8.78 Å². The number of carbonyl (C=O) groups is 1. The van der Waals surface area contributed by atoms with Crippen LogP contribution in [0, 0.1) is 0 Å². The Bertz CT molecular complexity index is 431. The van der Waals surface area contributed by atoms with Gasteiger partial charge in [0.15, 0.2) is 0 Å². The molecule has 0 saturated heterocycles. The maximum Gasteiger partial charge on any atom is 0.314 e. The largest absolute Gasteiger partial charge is 0.481 e. The lowest BCUT2D eigenvalue weighted by Crippen LogP contribution is -2.24. The van der Waals surface area contributed by atoms with Crippen molar-refractivity contribution in [2.24, 2.45) is 0 Å². The van der Waals surface area contributed by atoms with Gasteiger partial charge in [-0.15, -0.1) is 0 Å². The predicted molar refractivity (Wildman–Crippen MR) is 54.6 cm³/mol. The molecule has 1 aliphatic rings. The molecule has 1 aromatic rings. The van der Waals surface area contributed by atoms with E-state index in [-0.39, 0.29) is 11.1 Å². The van der Waals surface area contributed by atoms with E-state index in [1.54, 1.807) is 6.07 Å². The van der Waals surface area contributed by atoms with E-state index in [1.807, 2.05) is 0 Å². The molecular formula is C12H12F2O2. The van der Waals surface area contributed by atoms with Gasteiger partial charge in [-0.2, -0.15) is 0 Å². The minimum atomic E-state index is -3.00. The Labute approximate surface area is 91.9 Å². The molecule has 0 aliphatic heterocycles. The molecule has 0 amide bonds. The second-order valence-corrected chi connectivity index (χ2v) is 4.32. The summed E-state index contributed by atoms with van der Waals surface area (Å²) in [5, 5.41) is 9.10. The van der Waals surface area contributed by atoms with Gasteiger partial charge in [0.2, 0.25) is 0 Å². The van der Waals surface area contributed by atoms with Gasteiger partial charge in [0.05, 0.1) is 5.41 Å². The van der Waals surface area contributed by atoms with Crippen LogP contribution in [0.15, 0.2) is 24.3 Å². The Kier molecular flexibility index (Phi) is 2.26. The second kappa shape index (κ2) is 3.27. The van der Waals surface area contributed by atoms with E-state index in [2.05, 4.69) is 0 Å². The molecular weight excluding hydrogens is 214 g/mol. The normalized spacial score (nSPS) is 18.2. The van der Waals surface area contributed by atoms with E-state index in [4.69, 9.17) is 5.11 Å². The number of benzene rings is 1. The van der Waals surface area contributed by atoms with Crippen molar-refractivity contribution in [3.8, 4) is 0 Å². The number of carboxylic acids is 1. The van der Waals surface area contributed by atoms with Crippen LogP contribution in [-0.2, 0) is 16.1 Å². The van der Waals surface area contributed by atoms with Crippen LogP contribution in [0.3, 0.4) is 0 Å². The van der Waals surface area contributed by atoms with Gasteiger partial charge in [-0.1, -0.05) is 24.3 Å². The Morgan fingerprint density at radius 2 is 1.94 bits per heavy atom. The quantitative estimate of drug-likeness (QED) is 0.860. The summed E-state index contributed by atoms with van der Waals surface area (Å²) in [4.78, 5) is 11.1. The Morgan fingerprint density at radius 3 is 2.38 bits per heavy atom. The Morgan fingerprint density at radius 1 is 1.38 bits per heavy atom. The van der Waals surface area contributed by atoms with E-state index < -0.39 is 17.3 Å². The minimum absolute atomic E-state index is 0.171. The molecule has 1 fully saturated rings. The lowest BCUT2D eigenvalue weighted by Gasteiger charge is -2.19. The highest BCUT2D eigenvalue weighted by atomic mass is 19.3. The number of hydrogen-bond donors (Lipinski definition) is 1. The van der Waals surface area contributed by atoms with Gasteiger partial charge < -0.3 is 5.11 Å². The summed E-state index contributed by atoms with van der Waals surface area (Å²) in [7, 11) is 0. The summed E-state index contributed by atoms with van der Waals surface area (Å²) in [6.07, 6.45) is 0.880. The molecule has 1 aliphatic carbocycles. The molecule has 0 aromatic heterocycles. The molecule has 0 bridgehead atoms. The average Bonchev–Trinajstić information content (AvgIpc) is 2.97. The van der Waals surface area contributed by atoms with E-state index in [0.29, 0.717) is 12.8 Å². The zero-order chi connectivity index (χ0) is 12.0. The Balaban J connectivity index is 2.54. The fraction of sp³-hybridized carbons (Fsp3) is 0.417. The van der Waals surface area contributed by atoms with Crippen LogP contribution in [0.25, 0.3) is 0 Å². The molecule has 0 spiro atoms. The van der Waals surface area contributed by atoms with Crippen LogP contribution in [0.1, 0.15) is 30.9 Å². The molecule has 4 heteroatoms. The van der Waals surface area contributed by atoms with Crippen LogP contribution in [0.5, 0.6) is 0 Å². The molecule has 1 saturated carbocycles. The molecule has 0 unspecified atom stereocenters. The molecule has 16 heavy (non-hydrogen) atoms. The predicted octanol–water partition coefficient (Wildman–Crippen LogP) is 2.91. The number of carboxylic acid groups (broad SMARTS) is 1. The zero-order valence-corrected chi connectivity index (χ0v) is 8.84. The van der Waals surface area contributed by atoms with E-state index in [9.17, 15) is 13.6 Å². The third kappa shape index (κ3) is 1.58. The van der Waals surface area contributed by atoms with Crippen LogP contribution < -0.4 is 0 Å². The minimum Gasteiger partial charge on any atom is -0.481 e. The molecule has 86 valence electrons. The summed E-state index contributed by atoms with van der Waals surface area (Å²) in [6, 6.07) is 5.91. The number of aliphatic carboxylic acids is 1. The second-order valence-electron chi connectivity index (χ2n) is 4.32. The first-order valence-corrected chi connectivity index (χ1v) is 5.09. The van der Waals surface area contributed by atoms with Gasteiger partial charge in [-0.05, 0) is 18.4 Å². The molecule has 1 aromatic carbocycles. The summed E-state index contributed by atoms with van der Waals surface area (Å²) in [6.45, 7) is 0.795. The van der Waals surface area contributed by atoms with E-state index in [0.717, 1.165) is 6.92 Å². The van der Waals surface area contributed by atoms with Gasteiger partial charge in [-0.25, -0.2) is 8.78 Å². The van der Waals surface area contributed by atoms with Gasteiger partial charge >= 0.3 is 5.97 Å². The maximum absolute atomic E-state index is 13.3. The van der Waals surface area contributed by atoms with Crippen LogP contribution in [0.2, 0.25) is 0 Å². The zero-order valence-electron chi connectivity index (χ0n) is 8.84. The van der Waals surface area contributed by atoms with Gasteiger partial charge in [-0.3, -0.25) is 4.79 Å². The van der Waals surface area contributed by atoms with Crippen molar-refractivity contribution >= 4 is 5.97 Å². The molecule has 2 nitrogen and oxygen atoms in total. The molecule has 2 rings (SSSR count). The topological polar surface area (TPSA) is 37.3 Å². The number of alkyl halides is 2. The monoisotopic (exact) mass is 226 g/mol. The van der Waals surface area contributed by atoms with Gasteiger partial charge in [0, 0.05) is 12.5 Å². The van der Waals surface area contributed by atoms with Crippen molar-refractivity contribution in [2.45, 2.75) is 31.1 Å². The first-order chi connectivity index (χ1) is 7.38. The third-order valence-corrected chi connectivity index (χ3v) is 3.07. The standard InChI is InChI=1S/C12H12F2O2/c1-11(13,14)8-4-2-3-5-9(8)12(6-7-12)10(15)16/h2-5H,6-7H2,1H3,(H,15,16). The van der Waals surface area contributed by atoms with Gasteiger partial charge in [0.1, 0.15) is 0 Å². The molecule has 0 radical (unpaired) electrons. The summed E-state index contributed by atoms with van der Waals surface area (Å²) in [5.41, 5.74) is -0.986. The lowest BCUT2D eigenvalue weighted by atomic mass is 9.89. The van der Waals surface area contributed by atoms with Crippen molar-refractivity contribution in [3.63, 3.8) is 0 Å². The number of hydrogen-bond acceptors (Lipinski definition) is 1. The van der Waals surface area contributed by atoms with E-state index >= 15 is 0 Å².